The minimum Gasteiger partial charge on any atom is -0.192 e. The van der Waals surface area contributed by atoms with Gasteiger partial charge >= 0.3 is 0 Å². The van der Waals surface area contributed by atoms with Gasteiger partial charge in [-0.15, -0.1) is 0 Å². The van der Waals surface area contributed by atoms with E-state index in [0.717, 1.165) is 18.4 Å². The van der Waals surface area contributed by atoms with Crippen LogP contribution in [0.4, 0.5) is 0 Å². The normalized spacial score (nSPS) is 10.1. The third-order valence-electron chi connectivity index (χ3n) is 2.78. The lowest BCUT2D eigenvalue weighted by atomic mass is 10.0. The van der Waals surface area contributed by atoms with E-state index in [1.807, 2.05) is 36.4 Å². The van der Waals surface area contributed by atoms with Crippen LogP contribution in [-0.4, -0.2) is 0 Å². The molecule has 90 valence electrons. The van der Waals surface area contributed by atoms with E-state index in [1.54, 1.807) is 6.07 Å². The lowest BCUT2D eigenvalue weighted by molar-refractivity contribution is 0.960. The quantitative estimate of drug-likeness (QED) is 0.800. The van der Waals surface area contributed by atoms with E-state index in [2.05, 4.69) is 6.07 Å². The summed E-state index contributed by atoms with van der Waals surface area (Å²) in [6, 6.07) is 15.3. The Balaban J connectivity index is 2.04. The van der Waals surface area contributed by atoms with Crippen LogP contribution < -0.4 is 0 Å². The summed E-state index contributed by atoms with van der Waals surface area (Å²) >= 11 is 12.0. The molecule has 0 radical (unpaired) electrons. The van der Waals surface area contributed by atoms with E-state index in [1.165, 1.54) is 5.56 Å². The smallest absolute Gasteiger partial charge is 0.0991 e. The van der Waals surface area contributed by atoms with Crippen molar-refractivity contribution in [3.8, 4) is 6.07 Å². The average molecular weight is 276 g/mol. The molecule has 0 aliphatic heterocycles. The van der Waals surface area contributed by atoms with E-state index in [4.69, 9.17) is 28.5 Å². The lowest BCUT2D eigenvalue weighted by Crippen LogP contribution is -1.92. The number of halogens is 2. The second kappa shape index (κ2) is 5.91. The molecule has 0 fully saturated rings. The summed E-state index contributed by atoms with van der Waals surface area (Å²) in [5, 5.41) is 10.1. The topological polar surface area (TPSA) is 23.8 Å². The molecule has 0 spiro atoms. The van der Waals surface area contributed by atoms with Gasteiger partial charge in [0.2, 0.25) is 0 Å². The summed E-state index contributed by atoms with van der Waals surface area (Å²) in [4.78, 5) is 0. The Bertz CT molecular complexity index is 582. The Morgan fingerprint density at radius 1 is 0.944 bits per heavy atom. The lowest BCUT2D eigenvalue weighted by Gasteiger charge is -2.05. The molecule has 0 unspecified atom stereocenters. The molecule has 0 aromatic heterocycles. The zero-order valence-electron chi connectivity index (χ0n) is 9.66. The van der Waals surface area contributed by atoms with Crippen LogP contribution in [-0.2, 0) is 12.8 Å². The first-order chi connectivity index (χ1) is 8.69. The second-order valence-corrected chi connectivity index (χ2v) is 4.89. The monoisotopic (exact) mass is 275 g/mol. The molecule has 0 amide bonds. The van der Waals surface area contributed by atoms with Gasteiger partial charge in [-0.1, -0.05) is 41.4 Å². The summed E-state index contributed by atoms with van der Waals surface area (Å²) < 4.78 is 0. The summed E-state index contributed by atoms with van der Waals surface area (Å²) in [5.41, 5.74) is 2.97. The predicted octanol–water partition coefficient (Wildman–Crippen LogP) is 4.65. The summed E-state index contributed by atoms with van der Waals surface area (Å²) in [7, 11) is 0. The van der Waals surface area contributed by atoms with Crippen molar-refractivity contribution in [3.05, 3.63) is 69.2 Å². The molecule has 1 nitrogen and oxygen atoms in total. The van der Waals surface area contributed by atoms with Crippen LogP contribution in [0, 0.1) is 11.3 Å². The largest absolute Gasteiger partial charge is 0.192 e. The molecule has 0 N–H and O–H groups in total. The van der Waals surface area contributed by atoms with Crippen molar-refractivity contribution in [2.45, 2.75) is 12.8 Å². The maximum Gasteiger partial charge on any atom is 0.0991 e. The molecular weight excluding hydrogens is 265 g/mol. The molecule has 0 saturated heterocycles. The molecule has 2 rings (SSSR count). The van der Waals surface area contributed by atoms with Crippen LogP contribution in [0.3, 0.4) is 0 Å². The summed E-state index contributed by atoms with van der Waals surface area (Å²) in [6.07, 6.45) is 1.76. The van der Waals surface area contributed by atoms with Crippen LogP contribution in [0.25, 0.3) is 0 Å². The highest BCUT2D eigenvalue weighted by molar-refractivity contribution is 6.35. The highest BCUT2D eigenvalue weighted by atomic mass is 35.5. The van der Waals surface area contributed by atoms with E-state index < -0.39 is 0 Å². The van der Waals surface area contributed by atoms with Crippen molar-refractivity contribution >= 4 is 23.2 Å². The average Bonchev–Trinajstić information content (AvgIpc) is 2.38. The number of nitriles is 1. The molecule has 3 heteroatoms. The van der Waals surface area contributed by atoms with E-state index >= 15 is 0 Å². The molecule has 2 aromatic carbocycles. The highest BCUT2D eigenvalue weighted by Gasteiger charge is 2.02. The molecule has 18 heavy (non-hydrogen) atoms. The van der Waals surface area contributed by atoms with Crippen LogP contribution in [0.2, 0.25) is 10.0 Å². The minimum atomic E-state index is 0.655. The van der Waals surface area contributed by atoms with E-state index in [9.17, 15) is 0 Å². The third-order valence-corrected chi connectivity index (χ3v) is 3.37. The van der Waals surface area contributed by atoms with Crippen molar-refractivity contribution < 1.29 is 0 Å². The summed E-state index contributed by atoms with van der Waals surface area (Å²) in [5.74, 6) is 0. The molecule has 0 aliphatic carbocycles. The first-order valence-electron chi connectivity index (χ1n) is 5.62. The minimum absolute atomic E-state index is 0.655. The van der Waals surface area contributed by atoms with E-state index in [-0.39, 0.29) is 0 Å². The molecule has 0 bridgehead atoms. The zero-order valence-corrected chi connectivity index (χ0v) is 11.2. The number of nitrogens with zero attached hydrogens (tertiary/aromatic N) is 1. The molecule has 0 saturated carbocycles. The third kappa shape index (κ3) is 3.26. The zero-order chi connectivity index (χ0) is 13.0. The standard InChI is InChI=1S/C15H11Cl2N/c16-14-8-7-13(15(17)9-14)6-5-11-1-3-12(10-18)4-2-11/h1-4,7-9H,5-6H2. The predicted molar refractivity (Wildman–Crippen MR) is 75.0 cm³/mol. The SMILES string of the molecule is N#Cc1ccc(CCc2ccc(Cl)cc2Cl)cc1. The second-order valence-electron chi connectivity index (χ2n) is 4.04. The van der Waals surface area contributed by atoms with Crippen molar-refractivity contribution in [2.24, 2.45) is 0 Å². The van der Waals surface area contributed by atoms with Gasteiger partial charge in [0.15, 0.2) is 0 Å². The Morgan fingerprint density at radius 3 is 2.28 bits per heavy atom. The van der Waals surface area contributed by atoms with Gasteiger partial charge in [-0.25, -0.2) is 0 Å². The van der Waals surface area contributed by atoms with Crippen molar-refractivity contribution in [2.75, 3.05) is 0 Å². The van der Waals surface area contributed by atoms with Crippen LogP contribution in [0.1, 0.15) is 16.7 Å². The van der Waals surface area contributed by atoms with Gasteiger partial charge in [0.05, 0.1) is 11.6 Å². The molecular formula is C15H11Cl2N. The van der Waals surface area contributed by atoms with Crippen LogP contribution in [0.5, 0.6) is 0 Å². The Labute approximate surface area is 117 Å². The van der Waals surface area contributed by atoms with Gasteiger partial charge in [0.25, 0.3) is 0 Å². The fraction of sp³-hybridized carbons (Fsp3) is 0.133. The first kappa shape index (κ1) is 13.0. The number of benzene rings is 2. The Hall–Kier alpha value is -1.49. The van der Waals surface area contributed by atoms with Gasteiger partial charge < -0.3 is 0 Å². The van der Waals surface area contributed by atoms with E-state index in [0.29, 0.717) is 15.6 Å². The summed E-state index contributed by atoms with van der Waals surface area (Å²) in [6.45, 7) is 0. The van der Waals surface area contributed by atoms with Gasteiger partial charge in [-0.2, -0.15) is 5.26 Å². The maximum absolute atomic E-state index is 8.72. The van der Waals surface area contributed by atoms with Gasteiger partial charge in [0.1, 0.15) is 0 Å². The number of rotatable bonds is 3. The van der Waals surface area contributed by atoms with Gasteiger partial charge in [-0.3, -0.25) is 0 Å². The molecule has 0 heterocycles. The van der Waals surface area contributed by atoms with Crippen LogP contribution >= 0.6 is 23.2 Å². The highest BCUT2D eigenvalue weighted by Crippen LogP contribution is 2.22. The number of hydrogen-bond acceptors (Lipinski definition) is 1. The fourth-order valence-electron chi connectivity index (χ4n) is 1.75. The molecule has 0 atom stereocenters. The first-order valence-corrected chi connectivity index (χ1v) is 6.37. The van der Waals surface area contributed by atoms with Crippen molar-refractivity contribution in [1.29, 1.82) is 5.26 Å². The Kier molecular flexibility index (Phi) is 4.25. The van der Waals surface area contributed by atoms with Crippen molar-refractivity contribution in [1.82, 2.24) is 0 Å². The van der Waals surface area contributed by atoms with Gasteiger partial charge in [-0.05, 0) is 48.2 Å². The number of aryl methyl sites for hydroxylation is 2. The van der Waals surface area contributed by atoms with Crippen molar-refractivity contribution in [3.63, 3.8) is 0 Å². The molecule has 2 aromatic rings. The number of hydrogen-bond donors (Lipinski definition) is 0. The Morgan fingerprint density at radius 2 is 1.67 bits per heavy atom. The molecule has 0 aliphatic rings. The van der Waals surface area contributed by atoms with Crippen LogP contribution in [0.15, 0.2) is 42.5 Å². The fourth-order valence-corrected chi connectivity index (χ4v) is 2.25. The maximum atomic E-state index is 8.72. The van der Waals surface area contributed by atoms with Gasteiger partial charge in [0, 0.05) is 10.0 Å².